The molecule has 1 atom stereocenters. The van der Waals surface area contributed by atoms with Crippen molar-refractivity contribution in [3.05, 3.63) is 71.1 Å². The highest BCUT2D eigenvalue weighted by molar-refractivity contribution is 7.99. The van der Waals surface area contributed by atoms with Crippen molar-refractivity contribution in [1.29, 1.82) is 0 Å². The van der Waals surface area contributed by atoms with Crippen LogP contribution in [0.4, 0.5) is 5.69 Å². The Labute approximate surface area is 164 Å². The minimum atomic E-state index is -0.193. The molecule has 1 aromatic heterocycles. The first-order valence-corrected chi connectivity index (χ1v) is 10.0. The summed E-state index contributed by atoms with van der Waals surface area (Å²) in [7, 11) is 0. The van der Waals surface area contributed by atoms with Gasteiger partial charge in [0.2, 0.25) is 11.8 Å². The average molecular weight is 381 g/mol. The first-order valence-electron chi connectivity index (χ1n) is 8.95. The molecule has 0 radical (unpaired) electrons. The third-order valence-electron chi connectivity index (χ3n) is 4.40. The van der Waals surface area contributed by atoms with E-state index < -0.39 is 0 Å². The minimum Gasteiger partial charge on any atom is -0.441 e. The molecule has 140 valence electrons. The molecule has 27 heavy (non-hydrogen) atoms. The second-order valence-electron chi connectivity index (χ2n) is 6.65. The Morgan fingerprint density at radius 1 is 1.15 bits per heavy atom. The number of rotatable bonds is 6. The Kier molecular flexibility index (Phi) is 6.01. The van der Waals surface area contributed by atoms with E-state index in [1.165, 1.54) is 0 Å². The van der Waals surface area contributed by atoms with E-state index in [1.54, 1.807) is 11.8 Å². The number of aromatic nitrogens is 1. The van der Waals surface area contributed by atoms with Gasteiger partial charge in [0.15, 0.2) is 0 Å². The van der Waals surface area contributed by atoms with Crippen LogP contribution in [-0.2, 0) is 10.5 Å². The monoisotopic (exact) mass is 380 g/mol. The van der Waals surface area contributed by atoms with Crippen molar-refractivity contribution in [1.82, 2.24) is 4.98 Å². The van der Waals surface area contributed by atoms with E-state index in [0.29, 0.717) is 11.6 Å². The number of aryl methyl sites for hydroxylation is 3. The standard InChI is InChI=1S/C22H24N2O2S/c1-14-10-11-15(2)19(12-14)23-21(25)17(4)27-13-20-16(3)26-22(24-20)18-8-6-5-7-9-18/h5-12,17H,13H2,1-4H3,(H,23,25)/t17-/m1/s1. The summed E-state index contributed by atoms with van der Waals surface area (Å²) in [4.78, 5) is 17.1. The number of carbonyl (C=O) groups is 1. The minimum absolute atomic E-state index is 0.00173. The second-order valence-corrected chi connectivity index (χ2v) is 7.98. The van der Waals surface area contributed by atoms with Gasteiger partial charge in [-0.25, -0.2) is 4.98 Å². The summed E-state index contributed by atoms with van der Waals surface area (Å²) in [6, 6.07) is 15.9. The predicted molar refractivity (Wildman–Crippen MR) is 112 cm³/mol. The zero-order valence-corrected chi connectivity index (χ0v) is 16.9. The van der Waals surface area contributed by atoms with Crippen LogP contribution in [0.3, 0.4) is 0 Å². The third-order valence-corrected chi connectivity index (χ3v) is 5.56. The number of hydrogen-bond acceptors (Lipinski definition) is 4. The van der Waals surface area contributed by atoms with Crippen molar-refractivity contribution < 1.29 is 9.21 Å². The number of anilines is 1. The Morgan fingerprint density at radius 2 is 1.89 bits per heavy atom. The molecule has 3 aromatic rings. The summed E-state index contributed by atoms with van der Waals surface area (Å²) in [5, 5.41) is 2.84. The molecule has 1 heterocycles. The Morgan fingerprint density at radius 3 is 2.63 bits per heavy atom. The first kappa shape index (κ1) is 19.2. The third kappa shape index (κ3) is 4.80. The maximum absolute atomic E-state index is 12.5. The van der Waals surface area contributed by atoms with Gasteiger partial charge in [-0.1, -0.05) is 30.3 Å². The van der Waals surface area contributed by atoms with Crippen LogP contribution in [-0.4, -0.2) is 16.1 Å². The lowest BCUT2D eigenvalue weighted by molar-refractivity contribution is -0.115. The maximum Gasteiger partial charge on any atom is 0.237 e. The van der Waals surface area contributed by atoms with Crippen molar-refractivity contribution in [3.8, 4) is 11.5 Å². The number of nitrogens with one attached hydrogen (secondary N) is 1. The lowest BCUT2D eigenvalue weighted by Crippen LogP contribution is -2.23. The lowest BCUT2D eigenvalue weighted by Gasteiger charge is -2.13. The molecular weight excluding hydrogens is 356 g/mol. The fourth-order valence-corrected chi connectivity index (χ4v) is 3.54. The van der Waals surface area contributed by atoms with Gasteiger partial charge in [0.25, 0.3) is 0 Å². The molecule has 0 spiro atoms. The summed E-state index contributed by atoms with van der Waals surface area (Å²) in [6.07, 6.45) is 0. The molecule has 0 bridgehead atoms. The highest BCUT2D eigenvalue weighted by Gasteiger charge is 2.17. The van der Waals surface area contributed by atoms with Crippen molar-refractivity contribution in [2.75, 3.05) is 5.32 Å². The predicted octanol–water partition coefficient (Wildman–Crippen LogP) is 5.53. The van der Waals surface area contributed by atoms with E-state index in [9.17, 15) is 4.79 Å². The van der Waals surface area contributed by atoms with Crippen molar-refractivity contribution in [3.63, 3.8) is 0 Å². The fourth-order valence-electron chi connectivity index (χ4n) is 2.65. The van der Waals surface area contributed by atoms with Crippen LogP contribution in [0.2, 0.25) is 0 Å². The van der Waals surface area contributed by atoms with Gasteiger partial charge in [-0.15, -0.1) is 11.8 Å². The van der Waals surface area contributed by atoms with Gasteiger partial charge >= 0.3 is 0 Å². The Balaban J connectivity index is 1.62. The van der Waals surface area contributed by atoms with Crippen LogP contribution in [0.5, 0.6) is 0 Å². The van der Waals surface area contributed by atoms with Crippen LogP contribution in [0.25, 0.3) is 11.5 Å². The number of nitrogens with zero attached hydrogens (tertiary/aromatic N) is 1. The van der Waals surface area contributed by atoms with Crippen LogP contribution in [0.15, 0.2) is 52.9 Å². The zero-order valence-electron chi connectivity index (χ0n) is 16.1. The smallest absolute Gasteiger partial charge is 0.237 e. The van der Waals surface area contributed by atoms with E-state index in [1.807, 2.05) is 76.2 Å². The molecule has 3 rings (SSSR count). The molecule has 0 fully saturated rings. The summed E-state index contributed by atoms with van der Waals surface area (Å²) in [6.45, 7) is 7.84. The topological polar surface area (TPSA) is 55.1 Å². The SMILES string of the molecule is Cc1ccc(C)c(NC(=O)[C@@H](C)SCc2nc(-c3ccccc3)oc2C)c1. The first-order chi connectivity index (χ1) is 12.9. The average Bonchev–Trinajstić information content (AvgIpc) is 3.04. The van der Waals surface area contributed by atoms with Gasteiger partial charge in [-0.05, 0) is 57.0 Å². The van der Waals surface area contributed by atoms with E-state index >= 15 is 0 Å². The van der Waals surface area contributed by atoms with E-state index in [0.717, 1.165) is 33.8 Å². The normalized spacial score (nSPS) is 12.0. The highest BCUT2D eigenvalue weighted by Crippen LogP contribution is 2.26. The van der Waals surface area contributed by atoms with Crippen LogP contribution in [0, 0.1) is 20.8 Å². The number of hydrogen-bond donors (Lipinski definition) is 1. The van der Waals surface area contributed by atoms with Gasteiger partial charge in [0.1, 0.15) is 5.76 Å². The summed E-state index contributed by atoms with van der Waals surface area (Å²) >= 11 is 1.56. The maximum atomic E-state index is 12.5. The van der Waals surface area contributed by atoms with E-state index in [-0.39, 0.29) is 11.2 Å². The molecule has 0 saturated carbocycles. The van der Waals surface area contributed by atoms with Gasteiger partial charge < -0.3 is 9.73 Å². The number of oxazole rings is 1. The van der Waals surface area contributed by atoms with Gasteiger partial charge in [-0.2, -0.15) is 0 Å². The Bertz CT molecular complexity index is 935. The number of carbonyl (C=O) groups excluding carboxylic acids is 1. The molecule has 0 aliphatic rings. The molecule has 0 aliphatic heterocycles. The number of benzene rings is 2. The lowest BCUT2D eigenvalue weighted by atomic mass is 10.1. The van der Waals surface area contributed by atoms with Crippen LogP contribution in [0.1, 0.15) is 29.5 Å². The molecule has 4 nitrogen and oxygen atoms in total. The van der Waals surface area contributed by atoms with Crippen LogP contribution < -0.4 is 5.32 Å². The van der Waals surface area contributed by atoms with Gasteiger partial charge in [0, 0.05) is 17.0 Å². The Hall–Kier alpha value is -2.53. The molecule has 1 amide bonds. The van der Waals surface area contributed by atoms with Crippen molar-refractivity contribution >= 4 is 23.4 Å². The number of amides is 1. The molecule has 2 aromatic carbocycles. The largest absolute Gasteiger partial charge is 0.441 e. The molecular formula is C22H24N2O2S. The van der Waals surface area contributed by atoms with E-state index in [2.05, 4.69) is 10.3 Å². The fraction of sp³-hybridized carbons (Fsp3) is 0.273. The number of thioether (sulfide) groups is 1. The highest BCUT2D eigenvalue weighted by atomic mass is 32.2. The summed E-state index contributed by atoms with van der Waals surface area (Å²) in [5.41, 5.74) is 4.90. The van der Waals surface area contributed by atoms with Crippen LogP contribution >= 0.6 is 11.8 Å². The molecule has 5 heteroatoms. The summed E-state index contributed by atoms with van der Waals surface area (Å²) in [5.74, 6) is 2.04. The molecule has 0 saturated heterocycles. The zero-order chi connectivity index (χ0) is 19.4. The van der Waals surface area contributed by atoms with Gasteiger partial charge in [0.05, 0.1) is 10.9 Å². The van der Waals surface area contributed by atoms with Crippen molar-refractivity contribution in [2.45, 2.75) is 38.7 Å². The quantitative estimate of drug-likeness (QED) is 0.611. The summed E-state index contributed by atoms with van der Waals surface area (Å²) < 4.78 is 5.79. The van der Waals surface area contributed by atoms with Crippen molar-refractivity contribution in [2.24, 2.45) is 0 Å². The molecule has 0 unspecified atom stereocenters. The van der Waals surface area contributed by atoms with Gasteiger partial charge in [-0.3, -0.25) is 4.79 Å². The second kappa shape index (κ2) is 8.44. The molecule has 0 aliphatic carbocycles. The van der Waals surface area contributed by atoms with E-state index in [4.69, 9.17) is 4.42 Å². The molecule has 1 N–H and O–H groups in total.